The zero-order chi connectivity index (χ0) is 13.7. The summed E-state index contributed by atoms with van der Waals surface area (Å²) in [4.78, 5) is 26.2. The number of nitrogens with one attached hydrogen (secondary N) is 2. The topological polar surface area (TPSA) is 62.0 Å². The fourth-order valence-electron chi connectivity index (χ4n) is 1.81. The fourth-order valence-corrected chi connectivity index (χ4v) is 1.81. The SMILES string of the molecule is CC/C=C(/C)C(=O)NCc1c(C)cc(C)[nH]c1=O. The summed E-state index contributed by atoms with van der Waals surface area (Å²) in [5, 5.41) is 2.76. The van der Waals surface area contributed by atoms with Crippen LogP contribution >= 0.6 is 0 Å². The Kier molecular flexibility index (Phi) is 4.89. The second-order valence-corrected chi connectivity index (χ2v) is 4.42. The molecule has 1 rings (SSSR count). The average molecular weight is 248 g/mol. The van der Waals surface area contributed by atoms with Gasteiger partial charge in [-0.1, -0.05) is 13.0 Å². The average Bonchev–Trinajstić information content (AvgIpc) is 2.27. The van der Waals surface area contributed by atoms with Gasteiger partial charge in [-0.05, 0) is 38.8 Å². The summed E-state index contributed by atoms with van der Waals surface area (Å²) in [5.74, 6) is -0.128. The minimum absolute atomic E-state index is 0.128. The third-order valence-corrected chi connectivity index (χ3v) is 2.79. The molecule has 0 saturated carbocycles. The third kappa shape index (κ3) is 3.58. The van der Waals surface area contributed by atoms with Gasteiger partial charge in [0.25, 0.3) is 5.56 Å². The smallest absolute Gasteiger partial charge is 0.253 e. The zero-order valence-corrected chi connectivity index (χ0v) is 11.4. The van der Waals surface area contributed by atoms with Crippen LogP contribution in [0.2, 0.25) is 0 Å². The molecule has 0 radical (unpaired) electrons. The van der Waals surface area contributed by atoms with Crippen molar-refractivity contribution in [1.29, 1.82) is 0 Å². The molecule has 0 unspecified atom stereocenters. The maximum atomic E-state index is 11.7. The molecule has 98 valence electrons. The Bertz CT molecular complexity index is 527. The molecule has 18 heavy (non-hydrogen) atoms. The minimum atomic E-state index is -0.134. The standard InChI is InChI=1S/C14H20N2O2/c1-5-6-9(2)13(17)15-8-12-10(3)7-11(4)16-14(12)18/h6-7H,5,8H2,1-4H3,(H,15,17)(H,16,18)/b9-6-. The van der Waals surface area contributed by atoms with Crippen LogP contribution in [-0.4, -0.2) is 10.9 Å². The van der Waals surface area contributed by atoms with E-state index in [1.807, 2.05) is 32.9 Å². The largest absolute Gasteiger partial charge is 0.348 e. The van der Waals surface area contributed by atoms with Crippen molar-refractivity contribution < 1.29 is 4.79 Å². The summed E-state index contributed by atoms with van der Waals surface area (Å²) in [6.07, 6.45) is 2.69. The summed E-state index contributed by atoms with van der Waals surface area (Å²) < 4.78 is 0. The van der Waals surface area contributed by atoms with E-state index in [9.17, 15) is 9.59 Å². The normalized spacial score (nSPS) is 11.4. The number of aromatic nitrogens is 1. The Balaban J connectivity index is 2.79. The highest BCUT2D eigenvalue weighted by atomic mass is 16.1. The van der Waals surface area contributed by atoms with Crippen molar-refractivity contribution in [2.45, 2.75) is 40.7 Å². The van der Waals surface area contributed by atoms with Gasteiger partial charge in [0.1, 0.15) is 0 Å². The molecule has 2 N–H and O–H groups in total. The molecule has 1 aromatic rings. The molecule has 0 aliphatic rings. The van der Waals surface area contributed by atoms with E-state index < -0.39 is 0 Å². The number of amides is 1. The number of aryl methyl sites for hydroxylation is 2. The van der Waals surface area contributed by atoms with Crippen molar-refractivity contribution in [2.24, 2.45) is 0 Å². The summed E-state index contributed by atoms with van der Waals surface area (Å²) in [6.45, 7) is 7.72. The van der Waals surface area contributed by atoms with Gasteiger partial charge in [0.2, 0.25) is 5.91 Å². The zero-order valence-electron chi connectivity index (χ0n) is 11.4. The Morgan fingerprint density at radius 2 is 2.11 bits per heavy atom. The van der Waals surface area contributed by atoms with Gasteiger partial charge in [0.15, 0.2) is 0 Å². The monoisotopic (exact) mass is 248 g/mol. The molecule has 0 aliphatic heterocycles. The first-order valence-electron chi connectivity index (χ1n) is 6.10. The van der Waals surface area contributed by atoms with E-state index in [1.54, 1.807) is 6.92 Å². The van der Waals surface area contributed by atoms with E-state index in [2.05, 4.69) is 10.3 Å². The van der Waals surface area contributed by atoms with Crippen molar-refractivity contribution >= 4 is 5.91 Å². The first-order chi connectivity index (χ1) is 8.45. The molecule has 0 fully saturated rings. The second kappa shape index (κ2) is 6.19. The summed E-state index contributed by atoms with van der Waals surface area (Å²) in [7, 11) is 0. The second-order valence-electron chi connectivity index (χ2n) is 4.42. The number of hydrogen-bond acceptors (Lipinski definition) is 2. The van der Waals surface area contributed by atoms with E-state index >= 15 is 0 Å². The van der Waals surface area contributed by atoms with Gasteiger partial charge in [0.05, 0.1) is 0 Å². The van der Waals surface area contributed by atoms with E-state index in [1.165, 1.54) is 0 Å². The van der Waals surface area contributed by atoms with Crippen molar-refractivity contribution in [1.82, 2.24) is 10.3 Å². The number of aromatic amines is 1. The highest BCUT2D eigenvalue weighted by molar-refractivity contribution is 5.92. The van der Waals surface area contributed by atoms with Crippen LogP contribution in [0.15, 0.2) is 22.5 Å². The van der Waals surface area contributed by atoms with Gasteiger partial charge in [-0.2, -0.15) is 0 Å². The van der Waals surface area contributed by atoms with E-state index in [0.29, 0.717) is 11.1 Å². The lowest BCUT2D eigenvalue weighted by Gasteiger charge is -2.08. The number of carbonyl (C=O) groups excluding carboxylic acids is 1. The molecule has 4 nitrogen and oxygen atoms in total. The molecule has 0 saturated heterocycles. The third-order valence-electron chi connectivity index (χ3n) is 2.79. The number of pyridine rings is 1. The van der Waals surface area contributed by atoms with Crippen molar-refractivity contribution in [3.8, 4) is 0 Å². The number of H-pyrrole nitrogens is 1. The lowest BCUT2D eigenvalue weighted by molar-refractivity contribution is -0.117. The molecule has 1 aromatic heterocycles. The summed E-state index contributed by atoms with van der Waals surface area (Å²) >= 11 is 0. The molecule has 0 bridgehead atoms. The van der Waals surface area contributed by atoms with Crippen molar-refractivity contribution in [3.63, 3.8) is 0 Å². The van der Waals surface area contributed by atoms with Crippen molar-refractivity contribution in [2.75, 3.05) is 0 Å². The Hall–Kier alpha value is -1.84. The van der Waals surface area contributed by atoms with E-state index in [0.717, 1.165) is 17.7 Å². The number of allylic oxidation sites excluding steroid dienone is 1. The minimum Gasteiger partial charge on any atom is -0.348 e. The van der Waals surface area contributed by atoms with Crippen LogP contribution in [0.1, 0.15) is 37.1 Å². The first-order valence-corrected chi connectivity index (χ1v) is 6.10. The number of hydrogen-bond donors (Lipinski definition) is 2. The Morgan fingerprint density at radius 3 is 2.67 bits per heavy atom. The van der Waals surface area contributed by atoms with Crippen LogP contribution in [0, 0.1) is 13.8 Å². The predicted octanol–water partition coefficient (Wildman–Crippen LogP) is 1.96. The van der Waals surface area contributed by atoms with Gasteiger partial charge in [-0.3, -0.25) is 9.59 Å². The van der Waals surface area contributed by atoms with Crippen LogP contribution in [0.5, 0.6) is 0 Å². The van der Waals surface area contributed by atoms with E-state index in [-0.39, 0.29) is 18.0 Å². The van der Waals surface area contributed by atoms with Gasteiger partial charge in [0, 0.05) is 23.4 Å². The van der Waals surface area contributed by atoms with Crippen LogP contribution in [0.4, 0.5) is 0 Å². The molecular formula is C14H20N2O2. The molecule has 0 spiro atoms. The first kappa shape index (κ1) is 14.2. The summed E-state index contributed by atoms with van der Waals surface area (Å²) in [5.41, 5.74) is 2.88. The predicted molar refractivity (Wildman–Crippen MR) is 72.4 cm³/mol. The molecule has 0 aromatic carbocycles. The lowest BCUT2D eigenvalue weighted by Crippen LogP contribution is -2.28. The molecule has 0 aliphatic carbocycles. The van der Waals surface area contributed by atoms with E-state index in [4.69, 9.17) is 0 Å². The van der Waals surface area contributed by atoms with Crippen LogP contribution < -0.4 is 10.9 Å². The molecule has 1 heterocycles. The number of carbonyl (C=O) groups is 1. The van der Waals surface area contributed by atoms with Gasteiger partial charge >= 0.3 is 0 Å². The highest BCUT2D eigenvalue weighted by Crippen LogP contribution is 2.03. The Morgan fingerprint density at radius 1 is 1.44 bits per heavy atom. The lowest BCUT2D eigenvalue weighted by atomic mass is 10.1. The van der Waals surface area contributed by atoms with Gasteiger partial charge in [-0.25, -0.2) is 0 Å². The fraction of sp³-hybridized carbons (Fsp3) is 0.429. The van der Waals surface area contributed by atoms with Crippen LogP contribution in [0.25, 0.3) is 0 Å². The molecule has 4 heteroatoms. The molecular weight excluding hydrogens is 228 g/mol. The summed E-state index contributed by atoms with van der Waals surface area (Å²) in [6, 6.07) is 1.90. The maximum Gasteiger partial charge on any atom is 0.253 e. The van der Waals surface area contributed by atoms with Gasteiger partial charge in [-0.15, -0.1) is 0 Å². The Labute approximate surface area is 107 Å². The molecule has 1 amide bonds. The number of rotatable bonds is 4. The van der Waals surface area contributed by atoms with Crippen molar-refractivity contribution in [3.05, 3.63) is 44.9 Å². The molecule has 0 atom stereocenters. The van der Waals surface area contributed by atoms with Gasteiger partial charge < -0.3 is 10.3 Å². The van der Waals surface area contributed by atoms with Crippen LogP contribution in [0.3, 0.4) is 0 Å². The van der Waals surface area contributed by atoms with Crippen LogP contribution in [-0.2, 0) is 11.3 Å². The highest BCUT2D eigenvalue weighted by Gasteiger charge is 2.08. The maximum absolute atomic E-state index is 11.7. The quantitative estimate of drug-likeness (QED) is 0.800.